The summed E-state index contributed by atoms with van der Waals surface area (Å²) in [5.41, 5.74) is -1.13. The zero-order chi connectivity index (χ0) is 29.5. The van der Waals surface area contributed by atoms with E-state index in [9.17, 15) is 57.9 Å². The van der Waals surface area contributed by atoms with Crippen LogP contribution in [0.3, 0.4) is 0 Å². The van der Waals surface area contributed by atoms with E-state index in [1.807, 2.05) is 10.6 Å². The van der Waals surface area contributed by atoms with Gasteiger partial charge >= 0.3 is 42.1 Å². The number of benzene rings is 1. The van der Waals surface area contributed by atoms with Crippen molar-refractivity contribution in [2.24, 2.45) is 0 Å². The van der Waals surface area contributed by atoms with Crippen molar-refractivity contribution < 1.29 is 72.1 Å². The van der Waals surface area contributed by atoms with Gasteiger partial charge in [-0.25, -0.2) is 9.59 Å². The maximum Gasteiger partial charge on any atom is 0.460 e. The Bertz CT molecular complexity index is 1030. The average molecular weight is 576 g/mol. The van der Waals surface area contributed by atoms with Gasteiger partial charge in [-0.15, -0.1) is 0 Å². The number of alkyl halides is 9. The summed E-state index contributed by atoms with van der Waals surface area (Å²) in [6.45, 7) is 2.97. The standard InChI is InChI=1S/C20H19F11N2O5/c1-3-7-36-15(34)32-10-5-6-11(33-16(35)37-8-4-2)12(9-10)38-14(22)13(21)17(23,24)18(25,26)19(27,28)20(29,30)31/h5-6,9H,3-4,7-8H2,1-2H3,(H,32,34)(H,33,35). The highest BCUT2D eigenvalue weighted by molar-refractivity contribution is 5.89. The number of allylic oxidation sites excluding steroid dienone is 1. The summed E-state index contributed by atoms with van der Waals surface area (Å²) < 4.78 is 159. The Morgan fingerprint density at radius 2 is 1.29 bits per heavy atom. The predicted molar refractivity (Wildman–Crippen MR) is 108 cm³/mol. The van der Waals surface area contributed by atoms with Gasteiger partial charge in [0, 0.05) is 11.8 Å². The quantitative estimate of drug-likeness (QED) is 0.210. The normalized spacial score (nSPS) is 13.4. The molecular weight excluding hydrogens is 557 g/mol. The van der Waals surface area contributed by atoms with Gasteiger partial charge in [0.1, 0.15) is 0 Å². The van der Waals surface area contributed by atoms with Gasteiger partial charge in [-0.2, -0.15) is 48.3 Å². The fourth-order valence-corrected chi connectivity index (χ4v) is 2.26. The zero-order valence-corrected chi connectivity index (χ0v) is 19.3. The van der Waals surface area contributed by atoms with Crippen molar-refractivity contribution in [2.45, 2.75) is 50.6 Å². The molecule has 1 aromatic carbocycles. The van der Waals surface area contributed by atoms with E-state index in [2.05, 4.69) is 14.2 Å². The molecule has 18 heteroatoms. The SMILES string of the molecule is CCCOC(=O)Nc1ccc(NC(=O)OCCC)c(OC(F)=C(F)C(F)(F)C(F)(F)C(F)(F)C(F)(F)F)c1. The van der Waals surface area contributed by atoms with Gasteiger partial charge in [0.05, 0.1) is 18.9 Å². The molecule has 0 bridgehead atoms. The molecule has 2 amide bonds. The zero-order valence-electron chi connectivity index (χ0n) is 19.3. The fourth-order valence-electron chi connectivity index (χ4n) is 2.26. The van der Waals surface area contributed by atoms with Crippen LogP contribution in [-0.2, 0) is 9.47 Å². The second-order valence-corrected chi connectivity index (χ2v) is 7.14. The molecule has 0 fully saturated rings. The molecule has 1 rings (SSSR count). The summed E-state index contributed by atoms with van der Waals surface area (Å²) in [6, 6.07) is -1.10. The molecule has 7 nitrogen and oxygen atoms in total. The Kier molecular flexibility index (Phi) is 10.6. The molecule has 0 spiro atoms. The van der Waals surface area contributed by atoms with Gasteiger partial charge < -0.3 is 14.2 Å². The number of anilines is 2. The minimum absolute atomic E-state index is 0.0769. The van der Waals surface area contributed by atoms with Crippen molar-refractivity contribution in [1.82, 2.24) is 0 Å². The number of hydrogen-bond acceptors (Lipinski definition) is 5. The van der Waals surface area contributed by atoms with E-state index in [0.717, 1.165) is 12.1 Å². The summed E-state index contributed by atoms with van der Waals surface area (Å²) in [4.78, 5) is 23.4. The van der Waals surface area contributed by atoms with Crippen LogP contribution in [0.5, 0.6) is 5.75 Å². The van der Waals surface area contributed by atoms with Crippen LogP contribution in [0.2, 0.25) is 0 Å². The van der Waals surface area contributed by atoms with Crippen LogP contribution < -0.4 is 15.4 Å². The van der Waals surface area contributed by atoms with Gasteiger partial charge in [0.15, 0.2) is 5.75 Å². The fraction of sp³-hybridized carbons (Fsp3) is 0.500. The first-order valence-corrected chi connectivity index (χ1v) is 10.3. The Morgan fingerprint density at radius 1 is 0.789 bits per heavy atom. The molecule has 0 radical (unpaired) electrons. The summed E-state index contributed by atoms with van der Waals surface area (Å²) in [5, 5.41) is 3.89. The van der Waals surface area contributed by atoms with Gasteiger partial charge in [-0.05, 0) is 25.0 Å². The van der Waals surface area contributed by atoms with E-state index in [0.29, 0.717) is 18.9 Å². The number of hydrogen-bond donors (Lipinski definition) is 2. The minimum atomic E-state index is -7.51. The lowest BCUT2D eigenvalue weighted by atomic mass is 10.0. The number of carbonyl (C=O) groups excluding carboxylic acids is 2. The van der Waals surface area contributed by atoms with Crippen LogP contribution in [0.1, 0.15) is 26.7 Å². The Balaban J connectivity index is 3.47. The number of ether oxygens (including phenoxy) is 3. The molecule has 0 aliphatic heterocycles. The molecular formula is C20H19F11N2O5. The number of halogens is 11. The maximum absolute atomic E-state index is 14.2. The van der Waals surface area contributed by atoms with Crippen molar-refractivity contribution in [3.63, 3.8) is 0 Å². The number of nitrogens with one attached hydrogen (secondary N) is 2. The van der Waals surface area contributed by atoms with E-state index in [4.69, 9.17) is 0 Å². The maximum atomic E-state index is 14.2. The highest BCUT2D eigenvalue weighted by atomic mass is 19.4. The Labute approximate surface area is 206 Å². The predicted octanol–water partition coefficient (Wildman–Crippen LogP) is 7.56. The molecule has 0 aromatic heterocycles. The Hall–Kier alpha value is -3.47. The smallest absolute Gasteiger partial charge is 0.449 e. The minimum Gasteiger partial charge on any atom is -0.449 e. The van der Waals surface area contributed by atoms with Crippen LogP contribution in [-0.4, -0.2) is 49.3 Å². The number of rotatable bonds is 11. The summed E-state index contributed by atoms with van der Waals surface area (Å²) in [5.74, 6) is -27.4. The second-order valence-electron chi connectivity index (χ2n) is 7.14. The molecule has 0 saturated carbocycles. The summed E-state index contributed by atoms with van der Waals surface area (Å²) in [6.07, 6.45) is -8.98. The first-order chi connectivity index (χ1) is 17.3. The lowest BCUT2D eigenvalue weighted by molar-refractivity contribution is -0.392. The lowest BCUT2D eigenvalue weighted by Crippen LogP contribution is -2.61. The first-order valence-electron chi connectivity index (χ1n) is 10.3. The molecule has 38 heavy (non-hydrogen) atoms. The second kappa shape index (κ2) is 12.4. The third-order valence-corrected chi connectivity index (χ3v) is 4.13. The van der Waals surface area contributed by atoms with Crippen molar-refractivity contribution in [1.29, 1.82) is 0 Å². The van der Waals surface area contributed by atoms with Crippen molar-refractivity contribution in [3.8, 4) is 5.75 Å². The van der Waals surface area contributed by atoms with Crippen molar-refractivity contribution >= 4 is 23.6 Å². The number of amides is 2. The molecule has 1 aromatic rings. The van der Waals surface area contributed by atoms with E-state index in [1.54, 1.807) is 13.8 Å². The summed E-state index contributed by atoms with van der Waals surface area (Å²) in [7, 11) is 0. The third-order valence-electron chi connectivity index (χ3n) is 4.13. The van der Waals surface area contributed by atoms with Gasteiger partial charge in [0.25, 0.3) is 0 Å². The van der Waals surface area contributed by atoms with Gasteiger partial charge in [-0.3, -0.25) is 10.6 Å². The van der Waals surface area contributed by atoms with E-state index in [-0.39, 0.29) is 13.2 Å². The molecule has 2 N–H and O–H groups in total. The van der Waals surface area contributed by atoms with Crippen LogP contribution >= 0.6 is 0 Å². The van der Waals surface area contributed by atoms with Crippen molar-refractivity contribution in [3.05, 3.63) is 30.0 Å². The molecule has 0 saturated heterocycles. The Morgan fingerprint density at radius 3 is 1.76 bits per heavy atom. The average Bonchev–Trinajstić information content (AvgIpc) is 2.81. The molecule has 216 valence electrons. The first kappa shape index (κ1) is 32.6. The van der Waals surface area contributed by atoms with Crippen LogP contribution in [0.25, 0.3) is 0 Å². The van der Waals surface area contributed by atoms with Crippen LogP contribution in [0.15, 0.2) is 30.0 Å². The van der Waals surface area contributed by atoms with E-state index >= 15 is 0 Å². The topological polar surface area (TPSA) is 85.9 Å². The van der Waals surface area contributed by atoms with Gasteiger partial charge in [-0.1, -0.05) is 13.8 Å². The lowest BCUT2D eigenvalue weighted by Gasteiger charge is -2.32. The van der Waals surface area contributed by atoms with Crippen LogP contribution in [0, 0.1) is 0 Å². The molecule has 0 heterocycles. The molecule has 0 aliphatic carbocycles. The van der Waals surface area contributed by atoms with Crippen LogP contribution in [0.4, 0.5) is 69.3 Å². The van der Waals surface area contributed by atoms with E-state index < -0.39 is 65.1 Å². The van der Waals surface area contributed by atoms with E-state index in [1.165, 1.54) is 0 Å². The highest BCUT2D eigenvalue weighted by Crippen LogP contribution is 2.55. The molecule has 0 aliphatic rings. The van der Waals surface area contributed by atoms with Gasteiger partial charge in [0.2, 0.25) is 5.83 Å². The highest BCUT2D eigenvalue weighted by Gasteiger charge is 2.83. The monoisotopic (exact) mass is 576 g/mol. The molecule has 0 atom stereocenters. The summed E-state index contributed by atoms with van der Waals surface area (Å²) >= 11 is 0. The van der Waals surface area contributed by atoms with Crippen molar-refractivity contribution in [2.75, 3.05) is 23.8 Å². The number of carbonyl (C=O) groups is 2. The third kappa shape index (κ3) is 7.31. The molecule has 0 unspecified atom stereocenters. The largest absolute Gasteiger partial charge is 0.460 e.